The maximum absolute atomic E-state index is 12.1. The van der Waals surface area contributed by atoms with E-state index in [1.54, 1.807) is 25.1 Å². The van der Waals surface area contributed by atoms with E-state index < -0.39 is 0 Å². The smallest absolute Gasteiger partial charge is 0.325 e. The van der Waals surface area contributed by atoms with Crippen LogP contribution in [0.2, 0.25) is 5.02 Å². The van der Waals surface area contributed by atoms with Crippen LogP contribution in [0, 0.1) is 0 Å². The van der Waals surface area contributed by atoms with Crippen molar-refractivity contribution in [3.63, 3.8) is 0 Å². The van der Waals surface area contributed by atoms with Crippen molar-refractivity contribution in [3.8, 4) is 0 Å². The summed E-state index contributed by atoms with van der Waals surface area (Å²) >= 11 is 5.80. The summed E-state index contributed by atoms with van der Waals surface area (Å²) in [6.45, 7) is 4.50. The van der Waals surface area contributed by atoms with Crippen molar-refractivity contribution in [1.82, 2.24) is 4.90 Å². The number of carbonyl (C=O) groups excluding carboxylic acids is 2. The highest BCUT2D eigenvalue weighted by atomic mass is 35.5. The van der Waals surface area contributed by atoms with Crippen LogP contribution in [-0.4, -0.2) is 36.5 Å². The quantitative estimate of drug-likeness (QED) is 0.574. The van der Waals surface area contributed by atoms with E-state index in [1.807, 2.05) is 19.1 Å². The summed E-state index contributed by atoms with van der Waals surface area (Å²) in [6, 6.07) is 7.16. The summed E-state index contributed by atoms with van der Waals surface area (Å²) in [5.41, 5.74) is 0.875. The standard InChI is InChI=1S/C16H20ClNO3/c1-3-11-18(12-16(20)21-4-2)15(19)10-7-13-5-8-14(17)9-6-13/h5-10H,3-4,11-12H2,1-2H3/b10-7+. The van der Waals surface area contributed by atoms with Gasteiger partial charge in [-0.05, 0) is 37.1 Å². The Morgan fingerprint density at radius 2 is 1.90 bits per heavy atom. The molecule has 0 aliphatic heterocycles. The molecule has 1 aromatic carbocycles. The molecule has 0 atom stereocenters. The van der Waals surface area contributed by atoms with Gasteiger partial charge >= 0.3 is 5.97 Å². The van der Waals surface area contributed by atoms with Crippen LogP contribution in [0.4, 0.5) is 0 Å². The second-order valence-electron chi connectivity index (χ2n) is 4.45. The predicted octanol–water partition coefficient (Wildman–Crippen LogP) is 3.15. The Morgan fingerprint density at radius 1 is 1.24 bits per heavy atom. The predicted molar refractivity (Wildman–Crippen MR) is 84.0 cm³/mol. The van der Waals surface area contributed by atoms with Crippen molar-refractivity contribution in [1.29, 1.82) is 0 Å². The minimum Gasteiger partial charge on any atom is -0.465 e. The first-order valence-corrected chi connectivity index (χ1v) is 7.32. The van der Waals surface area contributed by atoms with Crippen LogP contribution in [0.15, 0.2) is 30.3 Å². The third-order valence-corrected chi connectivity index (χ3v) is 2.97. The van der Waals surface area contributed by atoms with Crippen molar-refractivity contribution in [3.05, 3.63) is 40.9 Å². The molecule has 0 heterocycles. The number of ether oxygens (including phenoxy) is 1. The zero-order chi connectivity index (χ0) is 15.7. The van der Waals surface area contributed by atoms with Gasteiger partial charge in [-0.25, -0.2) is 0 Å². The Kier molecular flexibility index (Phi) is 7.54. The number of nitrogens with zero attached hydrogens (tertiary/aromatic N) is 1. The lowest BCUT2D eigenvalue weighted by molar-refractivity contribution is -0.147. The molecule has 0 aromatic heterocycles. The molecule has 0 unspecified atom stereocenters. The van der Waals surface area contributed by atoms with Crippen molar-refractivity contribution < 1.29 is 14.3 Å². The molecule has 5 heteroatoms. The number of benzene rings is 1. The number of hydrogen-bond donors (Lipinski definition) is 0. The Labute approximate surface area is 130 Å². The summed E-state index contributed by atoms with van der Waals surface area (Å²) in [6.07, 6.45) is 3.94. The first kappa shape index (κ1) is 17.2. The summed E-state index contributed by atoms with van der Waals surface area (Å²) in [7, 11) is 0. The fraction of sp³-hybridized carbons (Fsp3) is 0.375. The summed E-state index contributed by atoms with van der Waals surface area (Å²) in [4.78, 5) is 25.1. The molecule has 4 nitrogen and oxygen atoms in total. The first-order valence-electron chi connectivity index (χ1n) is 6.95. The summed E-state index contributed by atoms with van der Waals surface area (Å²) < 4.78 is 4.87. The van der Waals surface area contributed by atoms with E-state index in [-0.39, 0.29) is 18.4 Å². The number of amides is 1. The minimum absolute atomic E-state index is 0.0224. The molecule has 0 spiro atoms. The van der Waals surface area contributed by atoms with Crippen molar-refractivity contribution in [2.45, 2.75) is 20.3 Å². The monoisotopic (exact) mass is 309 g/mol. The fourth-order valence-electron chi connectivity index (χ4n) is 1.75. The van der Waals surface area contributed by atoms with E-state index in [4.69, 9.17) is 16.3 Å². The average molecular weight is 310 g/mol. The van der Waals surface area contributed by atoms with Gasteiger partial charge in [0.1, 0.15) is 6.54 Å². The molecule has 0 saturated carbocycles. The van der Waals surface area contributed by atoms with Gasteiger partial charge < -0.3 is 9.64 Å². The Hall–Kier alpha value is -1.81. The van der Waals surface area contributed by atoms with Gasteiger partial charge in [0, 0.05) is 17.6 Å². The molecular weight excluding hydrogens is 290 g/mol. The van der Waals surface area contributed by atoms with Crippen LogP contribution < -0.4 is 0 Å². The highest BCUT2D eigenvalue weighted by molar-refractivity contribution is 6.30. The van der Waals surface area contributed by atoms with Crippen LogP contribution in [0.1, 0.15) is 25.8 Å². The summed E-state index contributed by atoms with van der Waals surface area (Å²) in [5.74, 6) is -0.598. The normalized spacial score (nSPS) is 10.6. The molecule has 0 radical (unpaired) electrons. The van der Waals surface area contributed by atoms with Gasteiger partial charge in [-0.15, -0.1) is 0 Å². The summed E-state index contributed by atoms with van der Waals surface area (Å²) in [5, 5.41) is 0.647. The van der Waals surface area contributed by atoms with E-state index in [0.717, 1.165) is 12.0 Å². The van der Waals surface area contributed by atoms with Crippen LogP contribution >= 0.6 is 11.6 Å². The van der Waals surface area contributed by atoms with Gasteiger partial charge in [0.05, 0.1) is 6.61 Å². The Balaban J connectivity index is 2.67. The number of carbonyl (C=O) groups is 2. The fourth-order valence-corrected chi connectivity index (χ4v) is 1.87. The molecule has 0 saturated heterocycles. The third kappa shape index (κ3) is 6.45. The van der Waals surface area contributed by atoms with Gasteiger partial charge in [-0.3, -0.25) is 9.59 Å². The van der Waals surface area contributed by atoms with E-state index >= 15 is 0 Å². The van der Waals surface area contributed by atoms with Gasteiger partial charge in [0.15, 0.2) is 0 Å². The number of halogens is 1. The second kappa shape index (κ2) is 9.19. The minimum atomic E-state index is -0.390. The molecule has 0 bridgehead atoms. The highest BCUT2D eigenvalue weighted by Crippen LogP contribution is 2.10. The number of esters is 1. The Morgan fingerprint density at radius 3 is 2.48 bits per heavy atom. The van der Waals surface area contributed by atoms with Gasteiger partial charge in [-0.2, -0.15) is 0 Å². The van der Waals surface area contributed by atoms with Crippen molar-refractivity contribution >= 4 is 29.6 Å². The van der Waals surface area contributed by atoms with E-state index in [9.17, 15) is 9.59 Å². The third-order valence-electron chi connectivity index (χ3n) is 2.72. The van der Waals surface area contributed by atoms with Gasteiger partial charge in [0.2, 0.25) is 5.91 Å². The zero-order valence-electron chi connectivity index (χ0n) is 12.3. The Bertz CT molecular complexity index is 497. The van der Waals surface area contributed by atoms with Crippen molar-refractivity contribution in [2.24, 2.45) is 0 Å². The SMILES string of the molecule is CCCN(CC(=O)OCC)C(=O)/C=C/c1ccc(Cl)cc1. The molecule has 1 amide bonds. The second-order valence-corrected chi connectivity index (χ2v) is 4.89. The van der Waals surface area contributed by atoms with E-state index in [2.05, 4.69) is 0 Å². The first-order chi connectivity index (χ1) is 10.1. The maximum Gasteiger partial charge on any atom is 0.325 e. The zero-order valence-corrected chi connectivity index (χ0v) is 13.1. The average Bonchev–Trinajstić information content (AvgIpc) is 2.46. The van der Waals surface area contributed by atoms with E-state index in [1.165, 1.54) is 11.0 Å². The maximum atomic E-state index is 12.1. The molecule has 0 aliphatic rings. The molecule has 21 heavy (non-hydrogen) atoms. The number of hydrogen-bond acceptors (Lipinski definition) is 3. The lowest BCUT2D eigenvalue weighted by atomic mass is 10.2. The van der Waals surface area contributed by atoms with Crippen LogP contribution in [0.5, 0.6) is 0 Å². The number of rotatable bonds is 7. The molecule has 1 rings (SSSR count). The topological polar surface area (TPSA) is 46.6 Å². The van der Waals surface area contributed by atoms with Crippen LogP contribution in [-0.2, 0) is 14.3 Å². The van der Waals surface area contributed by atoms with Crippen LogP contribution in [0.3, 0.4) is 0 Å². The lowest BCUT2D eigenvalue weighted by Crippen LogP contribution is -2.36. The van der Waals surface area contributed by atoms with Crippen molar-refractivity contribution in [2.75, 3.05) is 19.7 Å². The van der Waals surface area contributed by atoms with Gasteiger partial charge in [0.25, 0.3) is 0 Å². The molecule has 1 aromatic rings. The molecule has 0 N–H and O–H groups in total. The molecule has 0 fully saturated rings. The van der Waals surface area contributed by atoms with Gasteiger partial charge in [-0.1, -0.05) is 30.7 Å². The molecule has 0 aliphatic carbocycles. The highest BCUT2D eigenvalue weighted by Gasteiger charge is 2.14. The largest absolute Gasteiger partial charge is 0.465 e. The van der Waals surface area contributed by atoms with Crippen LogP contribution in [0.25, 0.3) is 6.08 Å². The molecular formula is C16H20ClNO3. The lowest BCUT2D eigenvalue weighted by Gasteiger charge is -2.19. The molecule has 114 valence electrons. The van der Waals surface area contributed by atoms with E-state index in [0.29, 0.717) is 18.2 Å².